The number of rotatable bonds is 9. The van der Waals surface area contributed by atoms with Crippen molar-refractivity contribution in [1.82, 2.24) is 4.98 Å². The average molecular weight is 423 g/mol. The molecule has 1 N–H and O–H groups in total. The van der Waals surface area contributed by atoms with Crippen LogP contribution < -0.4 is 4.74 Å². The lowest BCUT2D eigenvalue weighted by Gasteiger charge is -2.26. The van der Waals surface area contributed by atoms with E-state index in [1.165, 1.54) is 31.2 Å². The molecule has 2 aromatic rings. The fourth-order valence-electron chi connectivity index (χ4n) is 4.80. The van der Waals surface area contributed by atoms with Gasteiger partial charge in [0.05, 0.1) is 5.71 Å². The number of carboxylic acids is 1. The Kier molecular flexibility index (Phi) is 7.18. The van der Waals surface area contributed by atoms with Crippen LogP contribution in [0.15, 0.2) is 47.9 Å². The van der Waals surface area contributed by atoms with E-state index in [9.17, 15) is 4.79 Å². The van der Waals surface area contributed by atoms with Crippen LogP contribution in [0.1, 0.15) is 67.6 Å². The lowest BCUT2D eigenvalue weighted by atomic mass is 9.83. The summed E-state index contributed by atoms with van der Waals surface area (Å²) in [6.45, 7) is 0.182. The van der Waals surface area contributed by atoms with Gasteiger partial charge in [-0.05, 0) is 60.9 Å². The number of hydrogen-bond acceptors (Lipinski definition) is 5. The van der Waals surface area contributed by atoms with Gasteiger partial charge in [0.15, 0.2) is 6.61 Å². The highest BCUT2D eigenvalue weighted by molar-refractivity contribution is 6.00. The molecule has 1 saturated carbocycles. The molecule has 4 rings (SSSR count). The van der Waals surface area contributed by atoms with E-state index in [4.69, 9.17) is 14.7 Å². The average Bonchev–Trinajstić information content (AvgIpc) is 3.31. The summed E-state index contributed by atoms with van der Waals surface area (Å²) in [5.41, 5.74) is 4.30. The Labute approximate surface area is 183 Å². The molecule has 1 fully saturated rings. The molecule has 0 aliphatic heterocycles. The fourth-order valence-corrected chi connectivity index (χ4v) is 4.80. The molecule has 164 valence electrons. The Balaban J connectivity index is 1.46. The lowest BCUT2D eigenvalue weighted by Crippen LogP contribution is -2.17. The number of hydrogen-bond donors (Lipinski definition) is 1. The Morgan fingerprint density at radius 2 is 2.00 bits per heavy atom. The molecule has 0 amide bonds. The molecule has 31 heavy (non-hydrogen) atoms. The van der Waals surface area contributed by atoms with E-state index >= 15 is 0 Å². The fraction of sp³-hybridized carbons (Fsp3) is 0.480. The number of fused-ring (bicyclic) bond motifs is 1. The number of oxime groups is 1. The molecule has 0 saturated heterocycles. The minimum absolute atomic E-state index is 0.225. The van der Waals surface area contributed by atoms with Gasteiger partial charge in [-0.25, -0.2) is 4.79 Å². The maximum atomic E-state index is 10.9. The van der Waals surface area contributed by atoms with Crippen LogP contribution in [0.4, 0.5) is 0 Å². The van der Waals surface area contributed by atoms with Crippen molar-refractivity contribution >= 4 is 11.7 Å². The zero-order valence-electron chi connectivity index (χ0n) is 17.8. The SMILES string of the molecule is O=C(O)COc1cccc2c1CCCC2CON=C(CC1CCCC1)c1cccnc1. The highest BCUT2D eigenvalue weighted by atomic mass is 16.6. The van der Waals surface area contributed by atoms with Gasteiger partial charge in [0.2, 0.25) is 0 Å². The Hall–Kier alpha value is -2.89. The normalized spacial score (nSPS) is 19.1. The van der Waals surface area contributed by atoms with Crippen molar-refractivity contribution in [2.24, 2.45) is 11.1 Å². The molecule has 2 aliphatic carbocycles. The van der Waals surface area contributed by atoms with Gasteiger partial charge in [0.1, 0.15) is 12.4 Å². The predicted molar refractivity (Wildman–Crippen MR) is 119 cm³/mol. The molecule has 1 heterocycles. The third-order valence-corrected chi connectivity index (χ3v) is 6.34. The van der Waals surface area contributed by atoms with Crippen LogP contribution in [0.2, 0.25) is 0 Å². The summed E-state index contributed by atoms with van der Waals surface area (Å²) >= 11 is 0. The third-order valence-electron chi connectivity index (χ3n) is 6.34. The number of nitrogens with zero attached hydrogens (tertiary/aromatic N) is 2. The molecular formula is C25H30N2O4. The molecule has 6 heteroatoms. The van der Waals surface area contributed by atoms with Gasteiger partial charge in [0.25, 0.3) is 0 Å². The number of carboxylic acid groups (broad SMARTS) is 1. The Morgan fingerprint density at radius 1 is 1.13 bits per heavy atom. The van der Waals surface area contributed by atoms with Crippen LogP contribution in [-0.2, 0) is 16.1 Å². The van der Waals surface area contributed by atoms with E-state index in [-0.39, 0.29) is 12.5 Å². The molecule has 2 aliphatic rings. The molecule has 1 aromatic heterocycles. The number of aliphatic carboxylic acids is 1. The van der Waals surface area contributed by atoms with Crippen molar-refractivity contribution in [1.29, 1.82) is 0 Å². The van der Waals surface area contributed by atoms with Gasteiger partial charge in [0, 0.05) is 23.9 Å². The summed E-state index contributed by atoms with van der Waals surface area (Å²) in [6, 6.07) is 9.87. The first-order chi connectivity index (χ1) is 15.2. The molecule has 1 aromatic carbocycles. The molecular weight excluding hydrogens is 392 g/mol. The first kappa shape index (κ1) is 21.3. The zero-order chi connectivity index (χ0) is 21.5. The topological polar surface area (TPSA) is 81.0 Å². The maximum Gasteiger partial charge on any atom is 0.341 e. The zero-order valence-corrected chi connectivity index (χ0v) is 17.8. The lowest BCUT2D eigenvalue weighted by molar-refractivity contribution is -0.139. The van der Waals surface area contributed by atoms with Crippen molar-refractivity contribution in [2.45, 2.75) is 57.3 Å². The predicted octanol–water partition coefficient (Wildman–Crippen LogP) is 4.97. The molecule has 1 atom stereocenters. The molecule has 0 radical (unpaired) electrons. The Bertz CT molecular complexity index is 907. The van der Waals surface area contributed by atoms with Crippen LogP contribution >= 0.6 is 0 Å². The number of benzene rings is 1. The summed E-state index contributed by atoms with van der Waals surface area (Å²) in [6.07, 6.45) is 12.6. The van der Waals surface area contributed by atoms with Crippen molar-refractivity contribution < 1.29 is 19.5 Å². The number of ether oxygens (including phenoxy) is 1. The van der Waals surface area contributed by atoms with Crippen LogP contribution in [0, 0.1) is 5.92 Å². The van der Waals surface area contributed by atoms with Gasteiger partial charge in [-0.1, -0.05) is 43.0 Å². The second-order valence-electron chi connectivity index (χ2n) is 8.53. The van der Waals surface area contributed by atoms with Crippen LogP contribution in [0.25, 0.3) is 0 Å². The van der Waals surface area contributed by atoms with Crippen molar-refractivity contribution in [3.05, 3.63) is 59.4 Å². The minimum atomic E-state index is -0.965. The van der Waals surface area contributed by atoms with Crippen LogP contribution in [-0.4, -0.2) is 35.0 Å². The molecule has 1 unspecified atom stereocenters. The van der Waals surface area contributed by atoms with Gasteiger partial charge in [-0.3, -0.25) is 4.98 Å². The Morgan fingerprint density at radius 3 is 2.77 bits per heavy atom. The number of pyridine rings is 1. The largest absolute Gasteiger partial charge is 0.482 e. The van der Waals surface area contributed by atoms with E-state index in [0.29, 0.717) is 18.3 Å². The minimum Gasteiger partial charge on any atom is -0.482 e. The molecule has 0 spiro atoms. The van der Waals surface area contributed by atoms with Gasteiger partial charge < -0.3 is 14.7 Å². The molecule has 0 bridgehead atoms. The summed E-state index contributed by atoms with van der Waals surface area (Å²) in [5, 5.41) is 13.5. The number of carbonyl (C=O) groups is 1. The van der Waals surface area contributed by atoms with E-state index in [1.807, 2.05) is 30.5 Å². The summed E-state index contributed by atoms with van der Waals surface area (Å²) in [4.78, 5) is 21.1. The van der Waals surface area contributed by atoms with Crippen molar-refractivity contribution in [3.8, 4) is 5.75 Å². The molecule has 6 nitrogen and oxygen atoms in total. The first-order valence-electron chi connectivity index (χ1n) is 11.3. The van der Waals surface area contributed by atoms with E-state index in [2.05, 4.69) is 16.2 Å². The number of aromatic nitrogens is 1. The highest BCUT2D eigenvalue weighted by Crippen LogP contribution is 2.37. The second kappa shape index (κ2) is 10.4. The summed E-state index contributed by atoms with van der Waals surface area (Å²) < 4.78 is 5.51. The van der Waals surface area contributed by atoms with Crippen LogP contribution in [0.5, 0.6) is 5.75 Å². The van der Waals surface area contributed by atoms with E-state index < -0.39 is 5.97 Å². The third kappa shape index (κ3) is 5.63. The van der Waals surface area contributed by atoms with Gasteiger partial charge in [-0.2, -0.15) is 0 Å². The van der Waals surface area contributed by atoms with Crippen molar-refractivity contribution in [2.75, 3.05) is 13.2 Å². The van der Waals surface area contributed by atoms with Gasteiger partial charge in [-0.15, -0.1) is 0 Å². The van der Waals surface area contributed by atoms with Crippen LogP contribution in [0.3, 0.4) is 0 Å². The van der Waals surface area contributed by atoms with E-state index in [1.54, 1.807) is 6.20 Å². The van der Waals surface area contributed by atoms with Gasteiger partial charge >= 0.3 is 5.97 Å². The quantitative estimate of drug-likeness (QED) is 0.456. The maximum absolute atomic E-state index is 10.9. The summed E-state index contributed by atoms with van der Waals surface area (Å²) in [5.74, 6) is 0.604. The summed E-state index contributed by atoms with van der Waals surface area (Å²) in [7, 11) is 0. The smallest absolute Gasteiger partial charge is 0.341 e. The van der Waals surface area contributed by atoms with Crippen molar-refractivity contribution in [3.63, 3.8) is 0 Å². The monoisotopic (exact) mass is 422 g/mol. The second-order valence-corrected chi connectivity index (χ2v) is 8.53. The standard InChI is InChI=1S/C25H30N2O4/c28-25(29)17-30-24-12-4-10-21-20(8-3-11-22(21)24)16-31-27-23(14-18-6-1-2-7-18)19-9-5-13-26-15-19/h4-5,9-10,12-13,15,18,20H,1-3,6-8,11,14,16-17H2,(H,28,29). The van der Waals surface area contributed by atoms with E-state index in [0.717, 1.165) is 42.5 Å². The highest BCUT2D eigenvalue weighted by Gasteiger charge is 2.24. The first-order valence-corrected chi connectivity index (χ1v) is 11.3.